The summed E-state index contributed by atoms with van der Waals surface area (Å²) in [7, 11) is 0. The molecule has 2 nitrogen and oxygen atoms in total. The summed E-state index contributed by atoms with van der Waals surface area (Å²) in [5.41, 5.74) is 0. The van der Waals surface area contributed by atoms with Crippen LogP contribution in [-0.4, -0.2) is 4.57 Å². The standard InChI is InChI=1S/C22H43N2/c1-4-7-10-11-12-13-14-16-19-24-21-20-23(18-15-8-5-2)22(24)17-9-6-3/h20-21H,4-19H2,1-3H3/q+1. The minimum absolute atomic E-state index is 1.21. The Kier molecular flexibility index (Phi) is 12.9. The highest BCUT2D eigenvalue weighted by Gasteiger charge is 2.15. The Morgan fingerprint density at radius 1 is 0.708 bits per heavy atom. The summed E-state index contributed by atoms with van der Waals surface area (Å²) in [6.45, 7) is 9.30. The summed E-state index contributed by atoms with van der Waals surface area (Å²) in [6.07, 6.45) is 23.7. The summed E-state index contributed by atoms with van der Waals surface area (Å²) < 4.78 is 5.06. The molecule has 0 spiro atoms. The largest absolute Gasteiger partial charge is 0.256 e. The molecule has 1 rings (SSSR count). The lowest BCUT2D eigenvalue weighted by Crippen LogP contribution is -2.37. The van der Waals surface area contributed by atoms with Crippen LogP contribution in [0.1, 0.15) is 110 Å². The average Bonchev–Trinajstić information content (AvgIpc) is 2.97. The van der Waals surface area contributed by atoms with Crippen LogP contribution >= 0.6 is 0 Å². The van der Waals surface area contributed by atoms with E-state index in [0.29, 0.717) is 0 Å². The summed E-state index contributed by atoms with van der Waals surface area (Å²) in [5.74, 6) is 1.57. The van der Waals surface area contributed by atoms with Crippen LogP contribution in [0.3, 0.4) is 0 Å². The summed E-state index contributed by atoms with van der Waals surface area (Å²) in [5, 5.41) is 0. The molecule has 0 N–H and O–H groups in total. The molecule has 1 aromatic heterocycles. The van der Waals surface area contributed by atoms with Gasteiger partial charge < -0.3 is 0 Å². The normalized spacial score (nSPS) is 11.3. The van der Waals surface area contributed by atoms with Gasteiger partial charge >= 0.3 is 0 Å². The molecule has 0 amide bonds. The van der Waals surface area contributed by atoms with Crippen molar-refractivity contribution < 1.29 is 4.57 Å². The van der Waals surface area contributed by atoms with E-state index in [-0.39, 0.29) is 0 Å². The number of unbranched alkanes of at least 4 members (excludes halogenated alkanes) is 10. The Morgan fingerprint density at radius 2 is 1.29 bits per heavy atom. The maximum atomic E-state index is 2.54. The third-order valence-corrected chi connectivity index (χ3v) is 5.10. The van der Waals surface area contributed by atoms with Gasteiger partial charge in [-0.3, -0.25) is 0 Å². The SMILES string of the molecule is CCCCCCCCCCn1cc[n+](CCCCC)c1CCCC. The van der Waals surface area contributed by atoms with Crippen LogP contribution in [0, 0.1) is 0 Å². The van der Waals surface area contributed by atoms with Gasteiger partial charge in [-0.25, -0.2) is 9.13 Å². The first kappa shape index (κ1) is 21.3. The van der Waals surface area contributed by atoms with Gasteiger partial charge in [-0.05, 0) is 32.1 Å². The molecule has 0 aromatic carbocycles. The Bertz CT molecular complexity index is 395. The van der Waals surface area contributed by atoms with E-state index in [1.54, 1.807) is 5.82 Å². The first-order chi connectivity index (χ1) is 11.8. The van der Waals surface area contributed by atoms with Gasteiger partial charge in [0.15, 0.2) is 0 Å². The highest BCUT2D eigenvalue weighted by atomic mass is 15.1. The maximum absolute atomic E-state index is 2.54. The number of imidazole rings is 1. The van der Waals surface area contributed by atoms with Gasteiger partial charge in [-0.15, -0.1) is 0 Å². The Labute approximate surface area is 151 Å². The van der Waals surface area contributed by atoms with E-state index >= 15 is 0 Å². The zero-order valence-corrected chi connectivity index (χ0v) is 16.9. The van der Waals surface area contributed by atoms with Crippen molar-refractivity contribution in [2.75, 3.05) is 0 Å². The molecule has 0 fully saturated rings. The molecule has 140 valence electrons. The number of aromatic nitrogens is 2. The average molecular weight is 336 g/mol. The van der Waals surface area contributed by atoms with Gasteiger partial charge in [0.05, 0.1) is 13.1 Å². The van der Waals surface area contributed by atoms with Gasteiger partial charge in [0.2, 0.25) is 0 Å². The molecule has 24 heavy (non-hydrogen) atoms. The highest BCUT2D eigenvalue weighted by Crippen LogP contribution is 2.10. The summed E-state index contributed by atoms with van der Waals surface area (Å²) in [6, 6.07) is 0. The number of rotatable bonds is 16. The van der Waals surface area contributed by atoms with Gasteiger partial charge in [0, 0.05) is 6.42 Å². The van der Waals surface area contributed by atoms with E-state index in [9.17, 15) is 0 Å². The van der Waals surface area contributed by atoms with Crippen molar-refractivity contribution in [3.05, 3.63) is 18.2 Å². The smallest absolute Gasteiger partial charge is 0.234 e. The van der Waals surface area contributed by atoms with Crippen molar-refractivity contribution in [3.8, 4) is 0 Å². The van der Waals surface area contributed by atoms with Crippen LogP contribution in [-0.2, 0) is 19.5 Å². The molecule has 1 aromatic rings. The third kappa shape index (κ3) is 8.89. The first-order valence-electron chi connectivity index (χ1n) is 10.9. The zero-order valence-electron chi connectivity index (χ0n) is 16.9. The van der Waals surface area contributed by atoms with Crippen molar-refractivity contribution in [2.45, 2.75) is 124 Å². The molecule has 0 unspecified atom stereocenters. The molecular formula is C22H43N2+. The van der Waals surface area contributed by atoms with E-state index in [0.717, 1.165) is 0 Å². The molecule has 0 bridgehead atoms. The minimum Gasteiger partial charge on any atom is -0.234 e. The van der Waals surface area contributed by atoms with Crippen LogP contribution in [0.15, 0.2) is 12.4 Å². The van der Waals surface area contributed by atoms with E-state index in [1.165, 1.54) is 103 Å². The van der Waals surface area contributed by atoms with Gasteiger partial charge in [-0.1, -0.05) is 72.1 Å². The van der Waals surface area contributed by atoms with Crippen LogP contribution < -0.4 is 4.57 Å². The molecule has 1 heterocycles. The Balaban J connectivity index is 2.34. The highest BCUT2D eigenvalue weighted by molar-refractivity contribution is 4.84. The maximum Gasteiger partial charge on any atom is 0.256 e. The fourth-order valence-corrected chi connectivity index (χ4v) is 3.48. The molecule has 0 aliphatic heterocycles. The van der Waals surface area contributed by atoms with E-state index in [2.05, 4.69) is 42.3 Å². The molecule has 0 saturated carbocycles. The minimum atomic E-state index is 1.21. The van der Waals surface area contributed by atoms with Gasteiger partial charge in [-0.2, -0.15) is 0 Å². The number of hydrogen-bond acceptors (Lipinski definition) is 0. The summed E-state index contributed by atoms with van der Waals surface area (Å²) in [4.78, 5) is 0. The first-order valence-corrected chi connectivity index (χ1v) is 10.9. The van der Waals surface area contributed by atoms with Crippen LogP contribution in [0.5, 0.6) is 0 Å². The lowest BCUT2D eigenvalue weighted by molar-refractivity contribution is -0.704. The molecule has 2 heteroatoms. The predicted octanol–water partition coefficient (Wildman–Crippen LogP) is 6.45. The topological polar surface area (TPSA) is 8.81 Å². The molecule has 0 aliphatic rings. The molecule has 0 atom stereocenters. The third-order valence-electron chi connectivity index (χ3n) is 5.10. The van der Waals surface area contributed by atoms with Crippen molar-refractivity contribution in [2.24, 2.45) is 0 Å². The predicted molar refractivity (Wildman–Crippen MR) is 105 cm³/mol. The zero-order chi connectivity index (χ0) is 17.5. The second-order valence-corrected chi connectivity index (χ2v) is 7.39. The van der Waals surface area contributed by atoms with Gasteiger partial charge in [0.25, 0.3) is 5.82 Å². The lowest BCUT2D eigenvalue weighted by Gasteiger charge is -2.05. The van der Waals surface area contributed by atoms with Crippen molar-refractivity contribution >= 4 is 0 Å². The van der Waals surface area contributed by atoms with E-state index in [1.807, 2.05) is 0 Å². The quantitative estimate of drug-likeness (QED) is 0.242. The monoisotopic (exact) mass is 335 g/mol. The van der Waals surface area contributed by atoms with Gasteiger partial charge in [0.1, 0.15) is 12.4 Å². The van der Waals surface area contributed by atoms with E-state index in [4.69, 9.17) is 0 Å². The molecular weight excluding hydrogens is 292 g/mol. The second kappa shape index (κ2) is 14.5. The fraction of sp³-hybridized carbons (Fsp3) is 0.864. The number of hydrogen-bond donors (Lipinski definition) is 0. The van der Waals surface area contributed by atoms with Crippen molar-refractivity contribution in [1.82, 2.24) is 4.57 Å². The Morgan fingerprint density at radius 3 is 1.96 bits per heavy atom. The lowest BCUT2D eigenvalue weighted by atomic mass is 10.1. The van der Waals surface area contributed by atoms with E-state index < -0.39 is 0 Å². The number of nitrogens with zero attached hydrogens (tertiary/aromatic N) is 2. The van der Waals surface area contributed by atoms with Crippen molar-refractivity contribution in [3.63, 3.8) is 0 Å². The second-order valence-electron chi connectivity index (χ2n) is 7.39. The Hall–Kier alpha value is -0.790. The number of aryl methyl sites for hydroxylation is 2. The van der Waals surface area contributed by atoms with Crippen molar-refractivity contribution in [1.29, 1.82) is 0 Å². The van der Waals surface area contributed by atoms with Crippen LogP contribution in [0.25, 0.3) is 0 Å². The van der Waals surface area contributed by atoms with Crippen LogP contribution in [0.2, 0.25) is 0 Å². The molecule has 0 aliphatic carbocycles. The summed E-state index contributed by atoms with van der Waals surface area (Å²) >= 11 is 0. The van der Waals surface area contributed by atoms with Crippen LogP contribution in [0.4, 0.5) is 0 Å². The fourth-order valence-electron chi connectivity index (χ4n) is 3.48. The molecule has 0 saturated heterocycles. The molecule has 0 radical (unpaired) electrons.